The van der Waals surface area contributed by atoms with Crippen molar-refractivity contribution in [1.82, 2.24) is 0 Å². The van der Waals surface area contributed by atoms with Gasteiger partial charge in [-0.3, -0.25) is 0 Å². The van der Waals surface area contributed by atoms with Gasteiger partial charge >= 0.3 is 141 Å². The van der Waals surface area contributed by atoms with Crippen molar-refractivity contribution in [3.8, 4) is 0 Å². The molecule has 118 valence electrons. The van der Waals surface area contributed by atoms with Crippen molar-refractivity contribution in [2.75, 3.05) is 0 Å². The van der Waals surface area contributed by atoms with E-state index in [1.807, 2.05) is 12.3 Å². The standard InChI is InChI=1S/C13H27.C5H4NO.Sn/c1-4-7-10-13(11-8-5-2)12-9-6-3;7-6-4-2-1-3-5-6;/h4-12H2,1-3H3;1-2,4-5H;. The number of aromatic nitrogens is 1. The van der Waals surface area contributed by atoms with Gasteiger partial charge in [0.15, 0.2) is 0 Å². The molecule has 0 N–H and O–H groups in total. The Kier molecular flexibility index (Phi) is 9.37. The van der Waals surface area contributed by atoms with E-state index in [-0.39, 0.29) is 0 Å². The van der Waals surface area contributed by atoms with Gasteiger partial charge in [-0.2, -0.15) is 0 Å². The molecule has 1 heterocycles. The monoisotopic (exact) mass is 397 g/mol. The molecule has 1 rings (SSSR count). The molecule has 1 aromatic heterocycles. The molecular formula is C18H31NOSn. The van der Waals surface area contributed by atoms with Gasteiger partial charge in [0.25, 0.3) is 0 Å². The van der Waals surface area contributed by atoms with Crippen molar-refractivity contribution in [2.45, 2.75) is 82.0 Å². The number of hydrogen-bond donors (Lipinski definition) is 0. The van der Waals surface area contributed by atoms with Crippen LogP contribution in [0.1, 0.15) is 78.6 Å². The van der Waals surface area contributed by atoms with E-state index in [1.165, 1.54) is 61.4 Å². The minimum absolute atomic E-state index is 0.569. The van der Waals surface area contributed by atoms with Gasteiger partial charge in [0.2, 0.25) is 0 Å². The van der Waals surface area contributed by atoms with Gasteiger partial charge in [-0.15, -0.1) is 0 Å². The van der Waals surface area contributed by atoms with Gasteiger partial charge < -0.3 is 0 Å². The van der Waals surface area contributed by atoms with Crippen molar-refractivity contribution >= 4 is 24.7 Å². The zero-order valence-corrected chi connectivity index (χ0v) is 16.9. The summed E-state index contributed by atoms with van der Waals surface area (Å²) in [7, 11) is 0. The minimum atomic E-state index is -0.737. The molecule has 0 saturated heterocycles. The summed E-state index contributed by atoms with van der Waals surface area (Å²) < 4.78 is 2.93. The van der Waals surface area contributed by atoms with Crippen LogP contribution in [-0.2, 0) is 0 Å². The number of unbranched alkanes of at least 4 members (excludes halogenated alkanes) is 3. The predicted octanol–water partition coefficient (Wildman–Crippen LogP) is 4.38. The zero-order valence-electron chi connectivity index (χ0n) is 14.0. The van der Waals surface area contributed by atoms with Crippen molar-refractivity contribution < 1.29 is 4.73 Å². The van der Waals surface area contributed by atoms with E-state index in [0.29, 0.717) is 3.43 Å². The molecular weight excluding hydrogens is 365 g/mol. The van der Waals surface area contributed by atoms with Crippen LogP contribution in [0.3, 0.4) is 0 Å². The summed E-state index contributed by atoms with van der Waals surface area (Å²) in [6.45, 7) is 6.89. The molecule has 0 aliphatic carbocycles. The fourth-order valence-electron chi connectivity index (χ4n) is 2.94. The Hall–Kier alpha value is -0.251. The Morgan fingerprint density at radius 1 is 1.00 bits per heavy atom. The molecule has 0 atom stereocenters. The van der Waals surface area contributed by atoms with E-state index in [4.69, 9.17) is 0 Å². The zero-order chi connectivity index (χ0) is 15.6. The van der Waals surface area contributed by atoms with Crippen LogP contribution in [0.25, 0.3) is 0 Å². The van der Waals surface area contributed by atoms with Crippen LogP contribution in [-0.4, -0.2) is 21.1 Å². The van der Waals surface area contributed by atoms with E-state index in [2.05, 4.69) is 26.8 Å². The quantitative estimate of drug-likeness (QED) is 0.310. The van der Waals surface area contributed by atoms with E-state index >= 15 is 0 Å². The molecule has 21 heavy (non-hydrogen) atoms. The first kappa shape index (κ1) is 18.8. The van der Waals surface area contributed by atoms with Crippen LogP contribution >= 0.6 is 0 Å². The molecule has 0 spiro atoms. The van der Waals surface area contributed by atoms with Crippen LogP contribution < -0.4 is 8.31 Å². The first-order valence-corrected chi connectivity index (χ1v) is 11.5. The first-order valence-electron chi connectivity index (χ1n) is 8.62. The third-order valence-electron chi connectivity index (χ3n) is 4.21. The van der Waals surface area contributed by atoms with E-state index in [1.54, 1.807) is 6.20 Å². The molecule has 0 aliphatic heterocycles. The molecule has 0 bridgehead atoms. The summed E-state index contributed by atoms with van der Waals surface area (Å²) >= 11 is -0.737. The summed E-state index contributed by atoms with van der Waals surface area (Å²) in [5.74, 6) is 0. The molecule has 0 aliphatic rings. The molecule has 2 nitrogen and oxygen atoms in total. The molecule has 2 radical (unpaired) electrons. The van der Waals surface area contributed by atoms with Gasteiger partial charge in [0, 0.05) is 0 Å². The fraction of sp³-hybridized carbons (Fsp3) is 0.722. The van der Waals surface area contributed by atoms with Crippen molar-refractivity contribution in [2.24, 2.45) is 0 Å². The second kappa shape index (κ2) is 10.5. The van der Waals surface area contributed by atoms with E-state index < -0.39 is 21.1 Å². The Bertz CT molecular complexity index is 373. The predicted molar refractivity (Wildman–Crippen MR) is 92.1 cm³/mol. The number of rotatable bonds is 11. The van der Waals surface area contributed by atoms with Crippen LogP contribution in [0, 0.1) is 5.21 Å². The number of hydrogen-bond acceptors (Lipinski definition) is 1. The Labute approximate surface area is 141 Å². The SMILES string of the molecule is CCCC[C](CCCC)(CCCC)[Sn][c]1ccc[n+]([O-])c1. The topological polar surface area (TPSA) is 26.9 Å². The number of nitrogens with zero attached hydrogens (tertiary/aromatic N) is 1. The average Bonchev–Trinajstić information content (AvgIpc) is 2.48. The van der Waals surface area contributed by atoms with E-state index in [0.717, 1.165) is 4.73 Å². The van der Waals surface area contributed by atoms with Crippen LogP contribution in [0.4, 0.5) is 0 Å². The normalized spacial score (nSPS) is 11.8. The van der Waals surface area contributed by atoms with Gasteiger partial charge in [0.05, 0.1) is 0 Å². The average molecular weight is 396 g/mol. The first-order chi connectivity index (χ1) is 10.2. The molecule has 3 heteroatoms. The third-order valence-corrected chi connectivity index (χ3v) is 9.53. The van der Waals surface area contributed by atoms with Crippen molar-refractivity contribution in [3.63, 3.8) is 0 Å². The van der Waals surface area contributed by atoms with Crippen molar-refractivity contribution in [1.29, 1.82) is 0 Å². The number of pyridine rings is 1. The van der Waals surface area contributed by atoms with Gasteiger partial charge in [-0.25, -0.2) is 0 Å². The van der Waals surface area contributed by atoms with Crippen LogP contribution in [0.2, 0.25) is 3.43 Å². The third kappa shape index (κ3) is 7.03. The molecule has 0 fully saturated rings. The Morgan fingerprint density at radius 2 is 1.52 bits per heavy atom. The van der Waals surface area contributed by atoms with Gasteiger partial charge in [-0.05, 0) is 0 Å². The summed E-state index contributed by atoms with van der Waals surface area (Å²) in [6.07, 6.45) is 15.5. The second-order valence-corrected chi connectivity index (χ2v) is 11.6. The fourth-order valence-corrected chi connectivity index (χ4v) is 8.33. The van der Waals surface area contributed by atoms with E-state index in [9.17, 15) is 5.21 Å². The second-order valence-electron chi connectivity index (χ2n) is 6.17. The summed E-state index contributed by atoms with van der Waals surface area (Å²) in [5.41, 5.74) is 0. The molecule has 0 aromatic carbocycles. The summed E-state index contributed by atoms with van der Waals surface area (Å²) in [6, 6.07) is 4.12. The maximum absolute atomic E-state index is 11.6. The molecule has 1 aromatic rings. The molecule has 0 unspecified atom stereocenters. The molecule has 0 amide bonds. The van der Waals surface area contributed by atoms with Gasteiger partial charge in [0.1, 0.15) is 0 Å². The Morgan fingerprint density at radius 3 is 1.95 bits per heavy atom. The molecule has 0 saturated carbocycles. The van der Waals surface area contributed by atoms with Crippen LogP contribution in [0.15, 0.2) is 24.5 Å². The Balaban J connectivity index is 2.88. The van der Waals surface area contributed by atoms with Crippen molar-refractivity contribution in [3.05, 3.63) is 29.7 Å². The summed E-state index contributed by atoms with van der Waals surface area (Å²) in [4.78, 5) is 0. The maximum atomic E-state index is 11.6. The summed E-state index contributed by atoms with van der Waals surface area (Å²) in [5, 5.41) is 11.6. The van der Waals surface area contributed by atoms with Crippen LogP contribution in [0.5, 0.6) is 0 Å². The van der Waals surface area contributed by atoms with Gasteiger partial charge in [-0.1, -0.05) is 0 Å².